The molecule has 1 amide bonds. The maximum absolute atomic E-state index is 12.3. The Morgan fingerprint density at radius 3 is 2.41 bits per heavy atom. The van der Waals surface area contributed by atoms with Gasteiger partial charge in [-0.1, -0.05) is 42.5 Å². The monoisotopic (exact) mass is 292 g/mol. The lowest BCUT2D eigenvalue weighted by Gasteiger charge is -2.10. The summed E-state index contributed by atoms with van der Waals surface area (Å²) < 4.78 is 0. The Morgan fingerprint density at radius 2 is 1.68 bits per heavy atom. The van der Waals surface area contributed by atoms with Gasteiger partial charge >= 0.3 is 0 Å². The molecule has 0 aliphatic carbocycles. The summed E-state index contributed by atoms with van der Waals surface area (Å²) >= 11 is 0. The van der Waals surface area contributed by atoms with E-state index in [1.807, 2.05) is 6.07 Å². The van der Waals surface area contributed by atoms with Crippen molar-refractivity contribution in [1.29, 1.82) is 0 Å². The zero-order valence-electron chi connectivity index (χ0n) is 11.5. The normalized spacial score (nSPS) is 10.4. The van der Waals surface area contributed by atoms with Crippen LogP contribution in [0.1, 0.15) is 10.4 Å². The predicted octanol–water partition coefficient (Wildman–Crippen LogP) is 4.20. The molecule has 3 aromatic rings. The van der Waals surface area contributed by atoms with Crippen LogP contribution in [0.25, 0.3) is 10.8 Å². The number of para-hydroxylation sites is 1. The maximum atomic E-state index is 12.3. The number of phenolic OH excluding ortho intramolecular Hbond substituents is 1. The summed E-state index contributed by atoms with van der Waals surface area (Å²) in [6.45, 7) is 0. The Balaban J connectivity index is 2.08. The van der Waals surface area contributed by atoms with E-state index in [-0.39, 0.29) is 11.3 Å². The highest BCUT2D eigenvalue weighted by atomic mass is 16.3. The SMILES string of the molecule is O=Nc1c(O)c(C(=O)Nc2ccccc2)cc2ccccc12. The molecule has 0 bridgehead atoms. The third-order valence-electron chi connectivity index (χ3n) is 3.36. The van der Waals surface area contributed by atoms with E-state index >= 15 is 0 Å². The van der Waals surface area contributed by atoms with Gasteiger partial charge in [-0.3, -0.25) is 4.79 Å². The minimum atomic E-state index is -0.501. The van der Waals surface area contributed by atoms with Gasteiger partial charge in [-0.25, -0.2) is 0 Å². The molecular formula is C17H12N2O3. The van der Waals surface area contributed by atoms with Crippen molar-refractivity contribution in [1.82, 2.24) is 0 Å². The van der Waals surface area contributed by atoms with Crippen LogP contribution in [0.3, 0.4) is 0 Å². The summed E-state index contributed by atoms with van der Waals surface area (Å²) in [6.07, 6.45) is 0. The smallest absolute Gasteiger partial charge is 0.259 e. The van der Waals surface area contributed by atoms with Gasteiger partial charge < -0.3 is 10.4 Å². The Bertz CT molecular complexity index is 860. The summed E-state index contributed by atoms with van der Waals surface area (Å²) in [6, 6.07) is 17.3. The van der Waals surface area contributed by atoms with Gasteiger partial charge in [0.25, 0.3) is 5.91 Å². The van der Waals surface area contributed by atoms with Crippen molar-refractivity contribution in [3.8, 4) is 5.75 Å². The highest BCUT2D eigenvalue weighted by molar-refractivity contribution is 6.11. The molecular weight excluding hydrogens is 280 g/mol. The molecule has 0 saturated heterocycles. The van der Waals surface area contributed by atoms with Crippen LogP contribution >= 0.6 is 0 Å². The standard InChI is InChI=1S/C17H12N2O3/c20-16-14(17(21)18-12-7-2-1-3-8-12)10-11-6-4-5-9-13(11)15(16)19-22/h1-10,20H,(H,18,21). The molecule has 0 aromatic heterocycles. The van der Waals surface area contributed by atoms with Gasteiger partial charge in [-0.2, -0.15) is 0 Å². The van der Waals surface area contributed by atoms with E-state index < -0.39 is 11.7 Å². The second-order valence-corrected chi connectivity index (χ2v) is 4.75. The summed E-state index contributed by atoms with van der Waals surface area (Å²) in [5.74, 6) is -0.915. The number of anilines is 1. The molecule has 5 nitrogen and oxygen atoms in total. The summed E-state index contributed by atoms with van der Waals surface area (Å²) in [4.78, 5) is 23.4. The van der Waals surface area contributed by atoms with E-state index in [1.165, 1.54) is 6.07 Å². The number of amides is 1. The van der Waals surface area contributed by atoms with E-state index in [0.29, 0.717) is 16.5 Å². The number of fused-ring (bicyclic) bond motifs is 1. The molecule has 5 heteroatoms. The third kappa shape index (κ3) is 2.40. The number of hydrogen-bond acceptors (Lipinski definition) is 4. The molecule has 22 heavy (non-hydrogen) atoms. The van der Waals surface area contributed by atoms with Gasteiger partial charge in [-0.05, 0) is 28.8 Å². The minimum absolute atomic E-state index is 0.0113. The largest absolute Gasteiger partial charge is 0.505 e. The van der Waals surface area contributed by atoms with Gasteiger partial charge in [0, 0.05) is 11.1 Å². The van der Waals surface area contributed by atoms with Crippen molar-refractivity contribution in [2.45, 2.75) is 0 Å². The van der Waals surface area contributed by atoms with Crippen molar-refractivity contribution >= 4 is 28.1 Å². The molecule has 0 saturated carbocycles. The van der Waals surface area contributed by atoms with Crippen molar-refractivity contribution in [2.75, 3.05) is 5.32 Å². The zero-order chi connectivity index (χ0) is 15.5. The molecule has 3 aromatic carbocycles. The average molecular weight is 292 g/mol. The Morgan fingerprint density at radius 1 is 1.00 bits per heavy atom. The number of rotatable bonds is 3. The number of hydrogen-bond donors (Lipinski definition) is 2. The summed E-state index contributed by atoms with van der Waals surface area (Å²) in [5, 5.41) is 16.9. The van der Waals surface area contributed by atoms with Gasteiger partial charge in [0.15, 0.2) is 11.4 Å². The first kappa shape index (κ1) is 13.8. The van der Waals surface area contributed by atoms with E-state index in [2.05, 4.69) is 10.5 Å². The van der Waals surface area contributed by atoms with Crippen LogP contribution in [0.2, 0.25) is 0 Å². The van der Waals surface area contributed by atoms with Crippen LogP contribution in [0.15, 0.2) is 65.8 Å². The second-order valence-electron chi connectivity index (χ2n) is 4.75. The van der Waals surface area contributed by atoms with Gasteiger partial charge in [0.1, 0.15) is 0 Å². The second kappa shape index (κ2) is 5.65. The minimum Gasteiger partial charge on any atom is -0.505 e. The van der Waals surface area contributed by atoms with Crippen LogP contribution < -0.4 is 5.32 Å². The number of phenols is 1. The molecule has 0 aliphatic heterocycles. The average Bonchev–Trinajstić information content (AvgIpc) is 2.55. The lowest BCUT2D eigenvalue weighted by Crippen LogP contribution is -2.12. The van der Waals surface area contributed by atoms with Crippen LogP contribution in [-0.4, -0.2) is 11.0 Å². The summed E-state index contributed by atoms with van der Waals surface area (Å²) in [7, 11) is 0. The molecule has 0 atom stereocenters. The topological polar surface area (TPSA) is 78.8 Å². The van der Waals surface area contributed by atoms with Crippen molar-refractivity contribution in [3.63, 3.8) is 0 Å². The molecule has 0 radical (unpaired) electrons. The molecule has 0 fully saturated rings. The lowest BCUT2D eigenvalue weighted by molar-refractivity contribution is 0.102. The van der Waals surface area contributed by atoms with Crippen molar-refractivity contribution in [2.24, 2.45) is 5.18 Å². The lowest BCUT2D eigenvalue weighted by atomic mass is 10.0. The quantitative estimate of drug-likeness (QED) is 0.710. The first-order chi connectivity index (χ1) is 10.7. The number of carbonyl (C=O) groups is 1. The third-order valence-corrected chi connectivity index (χ3v) is 3.36. The van der Waals surface area contributed by atoms with Gasteiger partial charge in [0.2, 0.25) is 0 Å². The Kier molecular flexibility index (Phi) is 3.53. The van der Waals surface area contributed by atoms with E-state index in [4.69, 9.17) is 0 Å². The Labute approximate surface area is 126 Å². The number of nitrogens with one attached hydrogen (secondary N) is 1. The molecule has 108 valence electrons. The number of carbonyl (C=O) groups excluding carboxylic acids is 1. The zero-order valence-corrected chi connectivity index (χ0v) is 11.5. The van der Waals surface area contributed by atoms with Crippen LogP contribution in [0, 0.1) is 4.91 Å². The first-order valence-corrected chi connectivity index (χ1v) is 6.65. The highest BCUT2D eigenvalue weighted by Gasteiger charge is 2.18. The fourth-order valence-corrected chi connectivity index (χ4v) is 2.30. The van der Waals surface area contributed by atoms with Gasteiger partial charge in [0.05, 0.1) is 5.56 Å². The van der Waals surface area contributed by atoms with Crippen LogP contribution in [-0.2, 0) is 0 Å². The molecule has 0 heterocycles. The number of nitrogens with zero attached hydrogens (tertiary/aromatic N) is 1. The van der Waals surface area contributed by atoms with Crippen molar-refractivity contribution in [3.05, 3.63) is 71.1 Å². The molecule has 0 spiro atoms. The summed E-state index contributed by atoms with van der Waals surface area (Å²) in [5.41, 5.74) is 0.481. The van der Waals surface area contributed by atoms with Crippen LogP contribution in [0.4, 0.5) is 11.4 Å². The van der Waals surface area contributed by atoms with E-state index in [0.717, 1.165) is 0 Å². The van der Waals surface area contributed by atoms with E-state index in [1.54, 1.807) is 48.5 Å². The van der Waals surface area contributed by atoms with Gasteiger partial charge in [-0.15, -0.1) is 4.91 Å². The number of benzene rings is 3. The Hall–Kier alpha value is -3.21. The maximum Gasteiger partial charge on any atom is 0.259 e. The highest BCUT2D eigenvalue weighted by Crippen LogP contribution is 2.38. The predicted molar refractivity (Wildman–Crippen MR) is 85.5 cm³/mol. The fraction of sp³-hybridized carbons (Fsp3) is 0. The first-order valence-electron chi connectivity index (χ1n) is 6.65. The number of aromatic hydroxyl groups is 1. The van der Waals surface area contributed by atoms with Crippen molar-refractivity contribution < 1.29 is 9.90 Å². The molecule has 0 unspecified atom stereocenters. The van der Waals surface area contributed by atoms with Crippen LogP contribution in [0.5, 0.6) is 5.75 Å². The van der Waals surface area contributed by atoms with E-state index in [9.17, 15) is 14.8 Å². The molecule has 2 N–H and O–H groups in total. The fourth-order valence-electron chi connectivity index (χ4n) is 2.30. The molecule has 3 rings (SSSR count). The molecule has 0 aliphatic rings. The number of nitroso groups, excluding NO2 is 1.